The zero-order valence-corrected chi connectivity index (χ0v) is 35.9. The van der Waals surface area contributed by atoms with Crippen LogP contribution in [0.1, 0.15) is 62.6 Å². The first-order valence-electron chi connectivity index (χ1n) is 21.9. The number of benzene rings is 3. The molecule has 0 bridgehead atoms. The van der Waals surface area contributed by atoms with Crippen LogP contribution in [0, 0.1) is 29.4 Å². The lowest BCUT2D eigenvalue weighted by Crippen LogP contribution is -2.48. The summed E-state index contributed by atoms with van der Waals surface area (Å²) in [5.74, 6) is 0.795. The van der Waals surface area contributed by atoms with Gasteiger partial charge < -0.3 is 19.6 Å². The topological polar surface area (TPSA) is 151 Å². The Morgan fingerprint density at radius 1 is 0.984 bits per heavy atom. The highest BCUT2D eigenvalue weighted by Gasteiger charge is 2.45. The Balaban J connectivity index is 0.866. The van der Waals surface area contributed by atoms with Crippen LogP contribution in [0.5, 0.6) is 6.01 Å². The van der Waals surface area contributed by atoms with Crippen molar-refractivity contribution in [2.45, 2.75) is 63.6 Å². The molecule has 4 fully saturated rings. The summed E-state index contributed by atoms with van der Waals surface area (Å²) in [4.78, 5) is 58.9. The minimum atomic E-state index is -0.974. The van der Waals surface area contributed by atoms with Crippen molar-refractivity contribution in [3.8, 4) is 29.6 Å². The third kappa shape index (κ3) is 7.54. The molecule has 6 aromatic rings. The number of aromatic nitrogens is 5. The Morgan fingerprint density at radius 3 is 2.52 bits per heavy atom. The van der Waals surface area contributed by atoms with E-state index < -0.39 is 29.2 Å². The number of aliphatic hydroxyl groups is 1. The Bertz CT molecular complexity index is 2980. The van der Waals surface area contributed by atoms with Gasteiger partial charge in [-0.1, -0.05) is 42.3 Å². The lowest BCUT2D eigenvalue weighted by molar-refractivity contribution is -0.135. The fourth-order valence-electron chi connectivity index (χ4n) is 10.0. The van der Waals surface area contributed by atoms with Crippen molar-refractivity contribution in [3.05, 3.63) is 88.0 Å². The molecule has 3 aromatic carbocycles. The standard InChI is InChI=1S/C48H49F2N9O5/c1-4-31-34(49)13-12-29-8-5-10-32(38(29)31)40-39(50)41-33(24-51-40)43(58-19-7-16-47(2,63)26-58)54-45(53-41)64-28-48(17-18-48)27-57-22-20-56(21-23-57)25-30-9-6-11-35-42(30)55(3)46(62)59(35)36-14-15-37(60)52-44(36)61/h1,5-6,8-13,24,36,63H,7,14-23,25-28H2,2-3H3,(H,52,60,61)/t36?,47-/m1/s1. The molecule has 3 aliphatic heterocycles. The third-order valence-electron chi connectivity index (χ3n) is 13.6. The van der Waals surface area contributed by atoms with Crippen molar-refractivity contribution in [1.29, 1.82) is 0 Å². The fourth-order valence-corrected chi connectivity index (χ4v) is 10.0. The summed E-state index contributed by atoms with van der Waals surface area (Å²) in [5, 5.41) is 14.8. The number of piperidine rings is 2. The number of nitrogens with zero attached hydrogens (tertiary/aromatic N) is 8. The number of pyridine rings is 1. The van der Waals surface area contributed by atoms with E-state index in [9.17, 15) is 23.9 Å². The van der Waals surface area contributed by atoms with Gasteiger partial charge in [-0.05, 0) is 62.1 Å². The van der Waals surface area contributed by atoms with E-state index in [1.807, 2.05) is 23.1 Å². The number of carbonyl (C=O) groups excluding carboxylic acids is 2. The predicted molar refractivity (Wildman–Crippen MR) is 238 cm³/mol. The van der Waals surface area contributed by atoms with Crippen molar-refractivity contribution in [1.82, 2.24) is 39.2 Å². The monoisotopic (exact) mass is 869 g/mol. The molecule has 4 aliphatic rings. The number of terminal acetylenes is 1. The van der Waals surface area contributed by atoms with Crippen molar-refractivity contribution in [3.63, 3.8) is 0 Å². The quantitative estimate of drug-likeness (QED) is 0.141. The largest absolute Gasteiger partial charge is 0.463 e. The van der Waals surface area contributed by atoms with Gasteiger partial charge >= 0.3 is 11.7 Å². The van der Waals surface area contributed by atoms with Gasteiger partial charge in [0.1, 0.15) is 28.9 Å². The molecule has 2 atom stereocenters. The second kappa shape index (κ2) is 16.1. The molecular formula is C48H49F2N9O5. The SMILES string of the molecule is C#Cc1c(F)ccc2cccc(-c3ncc4c(N5CCC[C@@](C)(O)C5)nc(OCC5(CN6CCN(Cc7cccc8c7n(C)c(=O)n8C7CCC(=O)NC7=O)CC6)CC5)nc4c3F)c12. The van der Waals surface area contributed by atoms with Gasteiger partial charge in [0.25, 0.3) is 0 Å². The molecule has 6 heterocycles. The van der Waals surface area contributed by atoms with E-state index in [0.717, 1.165) is 56.6 Å². The fraction of sp³-hybridized carbons (Fsp3) is 0.417. The zero-order chi connectivity index (χ0) is 44.5. The van der Waals surface area contributed by atoms with Gasteiger partial charge in [-0.15, -0.1) is 6.42 Å². The molecule has 16 heteroatoms. The Hall–Kier alpha value is -6.28. The number of para-hydroxylation sites is 1. The van der Waals surface area contributed by atoms with Gasteiger partial charge in [-0.2, -0.15) is 9.97 Å². The number of aryl methyl sites for hydroxylation is 1. The van der Waals surface area contributed by atoms with E-state index >= 15 is 4.39 Å². The third-order valence-corrected chi connectivity index (χ3v) is 13.6. The molecule has 2 N–H and O–H groups in total. The molecule has 330 valence electrons. The van der Waals surface area contributed by atoms with Crippen molar-refractivity contribution in [2.24, 2.45) is 12.5 Å². The summed E-state index contributed by atoms with van der Waals surface area (Å²) < 4.78 is 41.5. The minimum Gasteiger partial charge on any atom is -0.463 e. The molecule has 64 heavy (non-hydrogen) atoms. The molecule has 10 rings (SSSR count). The summed E-state index contributed by atoms with van der Waals surface area (Å²) in [6.45, 7) is 7.74. The Labute approximate surface area is 367 Å². The first-order chi connectivity index (χ1) is 30.8. The van der Waals surface area contributed by atoms with Crippen LogP contribution in [0.4, 0.5) is 14.6 Å². The number of nitrogens with one attached hydrogen (secondary N) is 1. The van der Waals surface area contributed by atoms with Gasteiger partial charge in [-0.25, -0.2) is 13.6 Å². The smallest absolute Gasteiger partial charge is 0.329 e. The molecule has 1 unspecified atom stereocenters. The van der Waals surface area contributed by atoms with Gasteiger partial charge in [-0.3, -0.25) is 33.9 Å². The second-order valence-corrected chi connectivity index (χ2v) is 18.3. The van der Waals surface area contributed by atoms with E-state index in [4.69, 9.17) is 16.1 Å². The predicted octanol–water partition coefficient (Wildman–Crippen LogP) is 5.06. The van der Waals surface area contributed by atoms with Crippen LogP contribution in [0.2, 0.25) is 0 Å². The maximum Gasteiger partial charge on any atom is 0.329 e. The molecular weight excluding hydrogens is 821 g/mol. The van der Waals surface area contributed by atoms with E-state index in [1.165, 1.54) is 16.8 Å². The molecule has 1 saturated carbocycles. The van der Waals surface area contributed by atoms with Crippen molar-refractivity contribution in [2.75, 3.05) is 57.3 Å². The van der Waals surface area contributed by atoms with Crippen LogP contribution in [-0.2, 0) is 23.2 Å². The van der Waals surface area contributed by atoms with Gasteiger partial charge in [0.15, 0.2) is 5.82 Å². The number of hydrogen-bond donors (Lipinski definition) is 2. The number of halogens is 2. The number of piperazine rings is 1. The normalized spacial score (nSPS) is 21.7. The highest BCUT2D eigenvalue weighted by atomic mass is 19.1. The first kappa shape index (κ1) is 41.7. The number of imide groups is 1. The maximum absolute atomic E-state index is 17.0. The number of ether oxygens (including phenoxy) is 1. The van der Waals surface area contributed by atoms with Crippen LogP contribution in [0.3, 0.4) is 0 Å². The van der Waals surface area contributed by atoms with Gasteiger partial charge in [0.05, 0.1) is 34.2 Å². The highest BCUT2D eigenvalue weighted by Crippen LogP contribution is 2.47. The second-order valence-electron chi connectivity index (χ2n) is 18.3. The summed E-state index contributed by atoms with van der Waals surface area (Å²) in [6.07, 6.45) is 11.0. The lowest BCUT2D eigenvalue weighted by Gasteiger charge is -2.38. The summed E-state index contributed by atoms with van der Waals surface area (Å²) in [6, 6.07) is 13.2. The highest BCUT2D eigenvalue weighted by molar-refractivity contribution is 6.02. The average molecular weight is 870 g/mol. The molecule has 14 nitrogen and oxygen atoms in total. The number of β-amino-alcohol motifs (C(OH)–C–C–N with tert-alkyl or cyclic N) is 1. The number of rotatable bonds is 10. The van der Waals surface area contributed by atoms with E-state index in [-0.39, 0.29) is 59.2 Å². The Morgan fingerprint density at radius 2 is 1.77 bits per heavy atom. The number of carbonyl (C=O) groups is 2. The summed E-state index contributed by atoms with van der Waals surface area (Å²) >= 11 is 0. The van der Waals surface area contributed by atoms with Crippen LogP contribution in [0.15, 0.2) is 59.5 Å². The number of fused-ring (bicyclic) bond motifs is 3. The van der Waals surface area contributed by atoms with Crippen molar-refractivity contribution < 1.29 is 28.2 Å². The molecule has 3 saturated heterocycles. The van der Waals surface area contributed by atoms with E-state index in [0.29, 0.717) is 65.6 Å². The number of hydrogen-bond acceptors (Lipinski definition) is 11. The van der Waals surface area contributed by atoms with Gasteiger partial charge in [0.2, 0.25) is 11.8 Å². The lowest BCUT2D eigenvalue weighted by atomic mass is 9.95. The number of anilines is 1. The van der Waals surface area contributed by atoms with Crippen LogP contribution in [0.25, 0.3) is 44.0 Å². The summed E-state index contributed by atoms with van der Waals surface area (Å²) in [5.41, 5.74) is 1.43. The zero-order valence-electron chi connectivity index (χ0n) is 35.9. The Kier molecular flexibility index (Phi) is 10.5. The van der Waals surface area contributed by atoms with Crippen LogP contribution in [-0.4, -0.2) is 109 Å². The molecule has 0 spiro atoms. The van der Waals surface area contributed by atoms with E-state index in [1.54, 1.807) is 42.8 Å². The van der Waals surface area contributed by atoms with Crippen molar-refractivity contribution >= 4 is 50.3 Å². The first-order valence-corrected chi connectivity index (χ1v) is 21.9. The minimum absolute atomic E-state index is 0.00940. The van der Waals surface area contributed by atoms with Crippen LogP contribution >= 0.6 is 0 Å². The molecule has 0 radical (unpaired) electrons. The number of imidazole rings is 1. The van der Waals surface area contributed by atoms with Gasteiger partial charge in [0, 0.05) is 88.4 Å². The van der Waals surface area contributed by atoms with Crippen LogP contribution < -0.4 is 20.6 Å². The summed E-state index contributed by atoms with van der Waals surface area (Å²) in [7, 11) is 1.73. The molecule has 3 aromatic heterocycles. The maximum atomic E-state index is 17.0. The molecule has 1 aliphatic carbocycles. The number of amides is 2. The average Bonchev–Trinajstić information content (AvgIpc) is 4.00. The van der Waals surface area contributed by atoms with E-state index in [2.05, 4.69) is 31.0 Å². The molecule has 2 amide bonds.